The fraction of sp³-hybridized carbons (Fsp3) is 1.00. The largest absolute Gasteiger partial charge is 0.391 e. The summed E-state index contributed by atoms with van der Waals surface area (Å²) in [6, 6.07) is 0.446. The minimum absolute atomic E-state index is 0.0732. The van der Waals surface area contributed by atoms with Crippen molar-refractivity contribution in [2.45, 2.75) is 44.2 Å². The van der Waals surface area contributed by atoms with Gasteiger partial charge in [-0.2, -0.15) is 0 Å². The van der Waals surface area contributed by atoms with Gasteiger partial charge in [0.15, 0.2) is 0 Å². The molecule has 2 fully saturated rings. The molecule has 0 aromatic carbocycles. The fourth-order valence-corrected chi connectivity index (χ4v) is 2.85. The van der Waals surface area contributed by atoms with Crippen molar-refractivity contribution in [2.24, 2.45) is 0 Å². The smallest absolute Gasteiger partial charge is 0.0695 e. The second-order valence-electron chi connectivity index (χ2n) is 5.11. The highest BCUT2D eigenvalue weighted by molar-refractivity contribution is 4.84. The van der Waals surface area contributed by atoms with Crippen LogP contribution in [0.1, 0.15) is 32.1 Å². The van der Waals surface area contributed by atoms with Gasteiger partial charge in [-0.25, -0.2) is 0 Å². The predicted octanol–water partition coefficient (Wildman–Crippen LogP) is 0.927. The van der Waals surface area contributed by atoms with Gasteiger partial charge in [0.05, 0.1) is 6.10 Å². The SMILES string of the molecule is CN1CCN(C2CCCCCC2O)CC1. The predicted molar refractivity (Wildman–Crippen MR) is 61.9 cm³/mol. The standard InChI is InChI=1S/C12H24N2O/c1-13-7-9-14(10-8-13)11-5-3-2-4-6-12(11)15/h11-12,15H,2-10H2,1H3. The lowest BCUT2D eigenvalue weighted by atomic mass is 10.0. The first-order valence-electron chi connectivity index (χ1n) is 6.38. The molecule has 0 spiro atoms. The van der Waals surface area contributed by atoms with Crippen LogP contribution in [-0.2, 0) is 0 Å². The zero-order valence-corrected chi connectivity index (χ0v) is 9.86. The van der Waals surface area contributed by atoms with E-state index >= 15 is 0 Å². The highest BCUT2D eigenvalue weighted by Crippen LogP contribution is 2.23. The number of hydrogen-bond acceptors (Lipinski definition) is 3. The van der Waals surface area contributed by atoms with Crippen LogP contribution in [0.3, 0.4) is 0 Å². The molecule has 1 saturated carbocycles. The lowest BCUT2D eigenvalue weighted by Crippen LogP contribution is -2.52. The summed E-state index contributed by atoms with van der Waals surface area (Å²) in [4.78, 5) is 4.88. The van der Waals surface area contributed by atoms with Crippen molar-refractivity contribution in [2.75, 3.05) is 33.2 Å². The Bertz CT molecular complexity index is 190. The van der Waals surface area contributed by atoms with E-state index in [1.807, 2.05) is 0 Å². The minimum Gasteiger partial charge on any atom is -0.391 e. The van der Waals surface area contributed by atoms with Gasteiger partial charge < -0.3 is 10.0 Å². The molecule has 15 heavy (non-hydrogen) atoms. The molecule has 0 bridgehead atoms. The molecule has 0 radical (unpaired) electrons. The molecule has 0 aromatic rings. The van der Waals surface area contributed by atoms with Crippen LogP contribution in [0, 0.1) is 0 Å². The maximum atomic E-state index is 10.1. The van der Waals surface area contributed by atoms with Crippen molar-refractivity contribution in [1.29, 1.82) is 0 Å². The first-order chi connectivity index (χ1) is 7.27. The topological polar surface area (TPSA) is 26.7 Å². The van der Waals surface area contributed by atoms with E-state index in [-0.39, 0.29) is 6.10 Å². The first kappa shape index (κ1) is 11.4. The first-order valence-corrected chi connectivity index (χ1v) is 6.38. The highest BCUT2D eigenvalue weighted by Gasteiger charge is 2.28. The lowest BCUT2D eigenvalue weighted by molar-refractivity contribution is 0.0201. The molecule has 2 rings (SSSR count). The summed E-state index contributed by atoms with van der Waals surface area (Å²) < 4.78 is 0. The molecule has 1 aliphatic heterocycles. The molecule has 3 nitrogen and oxygen atoms in total. The highest BCUT2D eigenvalue weighted by atomic mass is 16.3. The zero-order chi connectivity index (χ0) is 10.7. The summed E-state index contributed by atoms with van der Waals surface area (Å²) in [6.07, 6.45) is 5.96. The number of rotatable bonds is 1. The third-order valence-corrected chi connectivity index (χ3v) is 3.95. The van der Waals surface area contributed by atoms with Gasteiger partial charge in [-0.3, -0.25) is 4.90 Å². The van der Waals surface area contributed by atoms with Crippen LogP contribution in [0.4, 0.5) is 0 Å². The summed E-state index contributed by atoms with van der Waals surface area (Å²) in [5.74, 6) is 0. The molecule has 3 heteroatoms. The average molecular weight is 212 g/mol. The Morgan fingerprint density at radius 2 is 1.60 bits per heavy atom. The molecule has 0 amide bonds. The normalized spacial score (nSPS) is 36.4. The van der Waals surface area contributed by atoms with E-state index in [1.165, 1.54) is 25.7 Å². The molecule has 0 aromatic heterocycles. The molecule has 2 atom stereocenters. The second-order valence-corrected chi connectivity index (χ2v) is 5.11. The van der Waals surface area contributed by atoms with Crippen molar-refractivity contribution in [3.8, 4) is 0 Å². The molecule has 1 heterocycles. The van der Waals surface area contributed by atoms with Gasteiger partial charge in [-0.1, -0.05) is 19.3 Å². The average Bonchev–Trinajstić information content (AvgIpc) is 2.44. The Kier molecular flexibility index (Phi) is 4.00. The van der Waals surface area contributed by atoms with Crippen LogP contribution in [0.5, 0.6) is 0 Å². The molecule has 1 aliphatic carbocycles. The summed E-state index contributed by atoms with van der Waals surface area (Å²) in [5, 5.41) is 10.1. The van der Waals surface area contributed by atoms with Gasteiger partial charge in [0.1, 0.15) is 0 Å². The quantitative estimate of drug-likeness (QED) is 0.655. The van der Waals surface area contributed by atoms with Gasteiger partial charge in [-0.15, -0.1) is 0 Å². The summed E-state index contributed by atoms with van der Waals surface area (Å²) >= 11 is 0. The zero-order valence-electron chi connectivity index (χ0n) is 9.86. The maximum absolute atomic E-state index is 10.1. The molecule has 2 aliphatic rings. The monoisotopic (exact) mass is 212 g/mol. The van der Waals surface area contributed by atoms with Gasteiger partial charge in [0, 0.05) is 32.2 Å². The number of nitrogens with zero attached hydrogens (tertiary/aromatic N) is 2. The van der Waals surface area contributed by atoms with Crippen LogP contribution in [0.2, 0.25) is 0 Å². The molecular formula is C12H24N2O. The molecular weight excluding hydrogens is 188 g/mol. The number of hydrogen-bond donors (Lipinski definition) is 1. The minimum atomic E-state index is -0.0732. The van der Waals surface area contributed by atoms with Gasteiger partial charge in [0.25, 0.3) is 0 Å². The van der Waals surface area contributed by atoms with Crippen molar-refractivity contribution in [3.63, 3.8) is 0 Å². The number of piperazine rings is 1. The second kappa shape index (κ2) is 5.28. The van der Waals surface area contributed by atoms with E-state index in [1.54, 1.807) is 0 Å². The van der Waals surface area contributed by atoms with Crippen LogP contribution in [0.25, 0.3) is 0 Å². The van der Waals surface area contributed by atoms with E-state index in [9.17, 15) is 5.11 Å². The Labute approximate surface area is 93.1 Å². The van der Waals surface area contributed by atoms with Gasteiger partial charge in [-0.05, 0) is 19.9 Å². The van der Waals surface area contributed by atoms with Crippen LogP contribution < -0.4 is 0 Å². The van der Waals surface area contributed by atoms with E-state index in [4.69, 9.17) is 0 Å². The number of aliphatic hydroxyl groups is 1. The maximum Gasteiger partial charge on any atom is 0.0695 e. The van der Waals surface area contributed by atoms with E-state index in [0.717, 1.165) is 32.6 Å². The van der Waals surface area contributed by atoms with E-state index < -0.39 is 0 Å². The van der Waals surface area contributed by atoms with Gasteiger partial charge >= 0.3 is 0 Å². The summed E-state index contributed by atoms with van der Waals surface area (Å²) in [5.41, 5.74) is 0. The van der Waals surface area contributed by atoms with E-state index in [2.05, 4.69) is 16.8 Å². The van der Waals surface area contributed by atoms with Crippen molar-refractivity contribution >= 4 is 0 Å². The van der Waals surface area contributed by atoms with Crippen LogP contribution in [-0.4, -0.2) is 60.3 Å². The van der Waals surface area contributed by atoms with Gasteiger partial charge in [0.2, 0.25) is 0 Å². The summed E-state index contributed by atoms with van der Waals surface area (Å²) in [7, 11) is 2.18. The van der Waals surface area contributed by atoms with Crippen molar-refractivity contribution in [1.82, 2.24) is 9.80 Å². The van der Waals surface area contributed by atoms with Crippen LogP contribution >= 0.6 is 0 Å². The van der Waals surface area contributed by atoms with Crippen molar-refractivity contribution in [3.05, 3.63) is 0 Å². The third-order valence-electron chi connectivity index (χ3n) is 3.95. The Balaban J connectivity index is 1.89. The van der Waals surface area contributed by atoms with Crippen molar-refractivity contribution < 1.29 is 5.11 Å². The van der Waals surface area contributed by atoms with E-state index in [0.29, 0.717) is 6.04 Å². The molecule has 1 N–H and O–H groups in total. The Morgan fingerprint density at radius 1 is 0.933 bits per heavy atom. The lowest BCUT2D eigenvalue weighted by Gasteiger charge is -2.39. The van der Waals surface area contributed by atoms with Crippen LogP contribution in [0.15, 0.2) is 0 Å². The third kappa shape index (κ3) is 2.92. The summed E-state index contributed by atoms with van der Waals surface area (Å²) in [6.45, 7) is 4.59. The Hall–Kier alpha value is -0.120. The molecule has 2 unspecified atom stereocenters. The number of aliphatic hydroxyl groups excluding tert-OH is 1. The molecule has 88 valence electrons. The fourth-order valence-electron chi connectivity index (χ4n) is 2.85. The molecule has 1 saturated heterocycles. The number of likely N-dealkylation sites (N-methyl/N-ethyl adjacent to an activating group) is 1. The Morgan fingerprint density at radius 3 is 2.33 bits per heavy atom.